The Morgan fingerprint density at radius 2 is 2.14 bits per heavy atom. The number of ether oxygens (including phenoxy) is 1. The lowest BCUT2D eigenvalue weighted by atomic mass is 10.1. The summed E-state index contributed by atoms with van der Waals surface area (Å²) in [5.41, 5.74) is 1.57. The van der Waals surface area contributed by atoms with Crippen molar-refractivity contribution in [3.63, 3.8) is 0 Å². The molecule has 7 nitrogen and oxygen atoms in total. The van der Waals surface area contributed by atoms with Gasteiger partial charge in [0.15, 0.2) is 0 Å². The zero-order valence-corrected chi connectivity index (χ0v) is 17.0. The van der Waals surface area contributed by atoms with Crippen molar-refractivity contribution in [1.82, 2.24) is 15.2 Å². The van der Waals surface area contributed by atoms with E-state index in [1.54, 1.807) is 18.3 Å². The number of pyridine rings is 1. The van der Waals surface area contributed by atoms with Crippen LogP contribution in [0.1, 0.15) is 37.4 Å². The first kappa shape index (κ1) is 20.5. The lowest BCUT2D eigenvalue weighted by Gasteiger charge is -2.25. The van der Waals surface area contributed by atoms with Gasteiger partial charge in [0, 0.05) is 32.4 Å². The molecule has 0 spiro atoms. The first-order valence-electron chi connectivity index (χ1n) is 10.0. The summed E-state index contributed by atoms with van der Waals surface area (Å²) in [6.45, 7) is 7.19. The number of aromatic nitrogens is 1. The molecule has 7 heteroatoms. The van der Waals surface area contributed by atoms with Gasteiger partial charge in [0.05, 0.1) is 18.2 Å². The van der Waals surface area contributed by atoms with Gasteiger partial charge >= 0.3 is 6.03 Å². The van der Waals surface area contributed by atoms with Gasteiger partial charge in [-0.3, -0.25) is 0 Å². The summed E-state index contributed by atoms with van der Waals surface area (Å²) in [7, 11) is 0. The smallest absolute Gasteiger partial charge is 0.317 e. The zero-order valence-electron chi connectivity index (χ0n) is 17.0. The largest absolute Gasteiger partial charge is 0.494 e. The highest BCUT2D eigenvalue weighted by Gasteiger charge is 2.22. The molecule has 29 heavy (non-hydrogen) atoms. The Bertz CT molecular complexity index is 880. The zero-order chi connectivity index (χ0) is 20.6. The number of hydrogen-bond acceptors (Lipinski definition) is 5. The lowest BCUT2D eigenvalue weighted by molar-refractivity contribution is 0.198. The van der Waals surface area contributed by atoms with E-state index in [2.05, 4.69) is 21.3 Å². The summed E-state index contributed by atoms with van der Waals surface area (Å²) in [5.74, 6) is 1.50. The van der Waals surface area contributed by atoms with Crippen molar-refractivity contribution < 1.29 is 9.53 Å². The Labute approximate surface area is 171 Å². The summed E-state index contributed by atoms with van der Waals surface area (Å²) < 4.78 is 5.55. The van der Waals surface area contributed by atoms with E-state index in [1.807, 2.05) is 43.0 Å². The van der Waals surface area contributed by atoms with E-state index in [4.69, 9.17) is 4.74 Å². The first-order valence-corrected chi connectivity index (χ1v) is 10.0. The fourth-order valence-corrected chi connectivity index (χ4v) is 3.47. The van der Waals surface area contributed by atoms with Crippen LogP contribution < -0.4 is 15.0 Å². The Morgan fingerprint density at radius 3 is 2.93 bits per heavy atom. The molecule has 1 aliphatic heterocycles. The third kappa shape index (κ3) is 5.17. The van der Waals surface area contributed by atoms with Gasteiger partial charge in [-0.25, -0.2) is 9.78 Å². The first-order chi connectivity index (χ1) is 14.1. The molecule has 1 atom stereocenters. The van der Waals surface area contributed by atoms with Crippen LogP contribution in [0, 0.1) is 11.3 Å². The Hall–Kier alpha value is -3.27. The minimum atomic E-state index is -0.122. The van der Waals surface area contributed by atoms with Gasteiger partial charge in [-0.05, 0) is 50.1 Å². The average molecular weight is 393 g/mol. The van der Waals surface area contributed by atoms with Crippen molar-refractivity contribution in [3.8, 4) is 11.8 Å². The molecule has 1 saturated heterocycles. The molecule has 2 heterocycles. The van der Waals surface area contributed by atoms with Crippen LogP contribution in [0.3, 0.4) is 0 Å². The number of anilines is 1. The number of nitriles is 1. The van der Waals surface area contributed by atoms with Crippen LogP contribution in [-0.2, 0) is 0 Å². The fraction of sp³-hybridized carbons (Fsp3) is 0.409. The predicted octanol–water partition coefficient (Wildman–Crippen LogP) is 3.33. The highest BCUT2D eigenvalue weighted by atomic mass is 16.5. The van der Waals surface area contributed by atoms with E-state index in [0.717, 1.165) is 24.3 Å². The number of rotatable bonds is 5. The van der Waals surface area contributed by atoms with Gasteiger partial charge in [-0.2, -0.15) is 5.26 Å². The van der Waals surface area contributed by atoms with Crippen LogP contribution in [0.15, 0.2) is 42.6 Å². The van der Waals surface area contributed by atoms with Crippen LogP contribution >= 0.6 is 0 Å². The third-order valence-corrected chi connectivity index (χ3v) is 5.00. The summed E-state index contributed by atoms with van der Waals surface area (Å²) >= 11 is 0. The van der Waals surface area contributed by atoms with Gasteiger partial charge in [-0.1, -0.05) is 12.1 Å². The van der Waals surface area contributed by atoms with Crippen LogP contribution in [0.25, 0.3) is 0 Å². The summed E-state index contributed by atoms with van der Waals surface area (Å²) in [6.07, 6.45) is 2.52. The van der Waals surface area contributed by atoms with Crippen LogP contribution in [0.5, 0.6) is 5.75 Å². The van der Waals surface area contributed by atoms with Crippen LogP contribution in [0.2, 0.25) is 0 Å². The van der Waals surface area contributed by atoms with E-state index in [1.165, 1.54) is 0 Å². The van der Waals surface area contributed by atoms with E-state index in [-0.39, 0.29) is 12.1 Å². The molecule has 2 aromatic rings. The Kier molecular flexibility index (Phi) is 6.90. The number of nitrogens with one attached hydrogen (secondary N) is 1. The molecule has 1 aromatic heterocycles. The number of nitrogens with zero attached hydrogens (tertiary/aromatic N) is 4. The number of urea groups is 1. The van der Waals surface area contributed by atoms with Crippen molar-refractivity contribution in [2.24, 2.45) is 0 Å². The van der Waals surface area contributed by atoms with E-state index >= 15 is 0 Å². The molecule has 152 valence electrons. The standard InChI is InChI=1S/C22H27N5O2/c1-3-29-20-9-4-7-18(15-20)17(2)25-22(28)27-12-6-11-26(13-14-27)21-19(16-23)8-5-10-24-21/h4-5,7-10,15,17H,3,6,11-14H2,1-2H3,(H,25,28). The van der Waals surface area contributed by atoms with E-state index in [9.17, 15) is 10.1 Å². The molecule has 1 aromatic carbocycles. The SMILES string of the molecule is CCOc1cccc(C(C)NC(=O)N2CCCN(c3ncccc3C#N)CC2)c1. The van der Waals surface area contributed by atoms with Crippen molar-refractivity contribution >= 4 is 11.8 Å². The number of carbonyl (C=O) groups is 1. The van der Waals surface area contributed by atoms with Crippen LogP contribution in [-0.4, -0.2) is 48.7 Å². The second kappa shape index (κ2) is 9.78. The quantitative estimate of drug-likeness (QED) is 0.843. The summed E-state index contributed by atoms with van der Waals surface area (Å²) in [4.78, 5) is 21.1. The predicted molar refractivity (Wildman–Crippen MR) is 112 cm³/mol. The molecule has 1 fully saturated rings. The summed E-state index contributed by atoms with van der Waals surface area (Å²) in [5, 5.41) is 12.4. The molecule has 3 rings (SSSR count). The highest BCUT2D eigenvalue weighted by Crippen LogP contribution is 2.21. The van der Waals surface area contributed by atoms with Gasteiger partial charge in [-0.15, -0.1) is 0 Å². The molecule has 1 N–H and O–H groups in total. The highest BCUT2D eigenvalue weighted by molar-refractivity contribution is 5.75. The monoisotopic (exact) mass is 393 g/mol. The van der Waals surface area contributed by atoms with E-state index in [0.29, 0.717) is 37.6 Å². The van der Waals surface area contributed by atoms with Crippen molar-refractivity contribution in [2.45, 2.75) is 26.3 Å². The molecule has 1 aliphatic rings. The summed E-state index contributed by atoms with van der Waals surface area (Å²) in [6, 6.07) is 13.3. The number of carbonyl (C=O) groups excluding carboxylic acids is 1. The molecular formula is C22H27N5O2. The lowest BCUT2D eigenvalue weighted by Crippen LogP contribution is -2.43. The van der Waals surface area contributed by atoms with Crippen LogP contribution in [0.4, 0.5) is 10.6 Å². The van der Waals surface area contributed by atoms with Crippen molar-refractivity contribution in [2.75, 3.05) is 37.7 Å². The maximum atomic E-state index is 12.8. The topological polar surface area (TPSA) is 81.5 Å². The van der Waals surface area contributed by atoms with Crippen molar-refractivity contribution in [1.29, 1.82) is 5.26 Å². The second-order valence-corrected chi connectivity index (χ2v) is 6.99. The van der Waals surface area contributed by atoms with Gasteiger partial charge in [0.25, 0.3) is 0 Å². The van der Waals surface area contributed by atoms with Gasteiger partial charge in [0.2, 0.25) is 0 Å². The van der Waals surface area contributed by atoms with Crippen molar-refractivity contribution in [3.05, 3.63) is 53.7 Å². The molecule has 0 bridgehead atoms. The molecule has 1 unspecified atom stereocenters. The normalized spacial score (nSPS) is 15.2. The Morgan fingerprint density at radius 1 is 1.28 bits per heavy atom. The number of hydrogen-bond donors (Lipinski definition) is 1. The minimum absolute atomic E-state index is 0.0808. The fourth-order valence-electron chi connectivity index (χ4n) is 3.47. The maximum absolute atomic E-state index is 12.8. The molecular weight excluding hydrogens is 366 g/mol. The number of benzene rings is 1. The molecule has 0 aliphatic carbocycles. The average Bonchev–Trinajstić information content (AvgIpc) is 3.00. The molecule has 2 amide bonds. The van der Waals surface area contributed by atoms with Gasteiger partial charge < -0.3 is 19.9 Å². The number of amides is 2. The Balaban J connectivity index is 1.61. The van der Waals surface area contributed by atoms with Gasteiger partial charge in [0.1, 0.15) is 17.6 Å². The maximum Gasteiger partial charge on any atom is 0.317 e. The van der Waals surface area contributed by atoms with E-state index < -0.39 is 0 Å². The minimum Gasteiger partial charge on any atom is -0.494 e. The molecule has 0 saturated carbocycles. The molecule has 0 radical (unpaired) electrons. The third-order valence-electron chi connectivity index (χ3n) is 5.00. The second-order valence-electron chi connectivity index (χ2n) is 6.99.